The molecule has 1 amide bonds. The minimum absolute atomic E-state index is 0.00608. The second-order valence-corrected chi connectivity index (χ2v) is 4.28. The average molecular weight is 224 g/mol. The molecule has 1 rings (SSSR count). The summed E-state index contributed by atoms with van der Waals surface area (Å²) in [7, 11) is 1.80. The highest BCUT2D eigenvalue weighted by molar-refractivity contribution is 7.12. The Hall–Kier alpha value is -1.29. The van der Waals surface area contributed by atoms with Crippen molar-refractivity contribution < 1.29 is 4.79 Å². The molecule has 0 aliphatic heterocycles. The predicted molar refractivity (Wildman–Crippen MR) is 65.1 cm³/mol. The summed E-state index contributed by atoms with van der Waals surface area (Å²) in [4.78, 5) is 14.2. The Morgan fingerprint density at radius 1 is 1.73 bits per heavy atom. The van der Waals surface area contributed by atoms with Gasteiger partial charge in [-0.25, -0.2) is 0 Å². The first-order chi connectivity index (χ1) is 7.16. The molecule has 0 saturated carbocycles. The van der Waals surface area contributed by atoms with Gasteiger partial charge in [-0.2, -0.15) is 0 Å². The standard InChI is InChI=1S/C11H16N2OS/c1-3-4-5-7-13(2)11(14)10-9(12)6-8-15-10/h3,6,8H,1,4-5,7,12H2,2H3. The number of allylic oxidation sites excluding steroid dienone is 1. The summed E-state index contributed by atoms with van der Waals surface area (Å²) >= 11 is 1.39. The van der Waals surface area contributed by atoms with Crippen LogP contribution in [0.5, 0.6) is 0 Å². The molecule has 0 bridgehead atoms. The van der Waals surface area contributed by atoms with E-state index >= 15 is 0 Å². The van der Waals surface area contributed by atoms with Gasteiger partial charge in [-0.3, -0.25) is 4.79 Å². The fourth-order valence-corrected chi connectivity index (χ4v) is 2.05. The lowest BCUT2D eigenvalue weighted by Gasteiger charge is -2.15. The summed E-state index contributed by atoms with van der Waals surface area (Å²) in [6.45, 7) is 4.38. The molecule has 3 nitrogen and oxygen atoms in total. The third-order valence-electron chi connectivity index (χ3n) is 2.14. The zero-order chi connectivity index (χ0) is 11.3. The lowest BCUT2D eigenvalue weighted by Crippen LogP contribution is -2.27. The maximum absolute atomic E-state index is 11.9. The molecule has 0 fully saturated rings. The van der Waals surface area contributed by atoms with E-state index < -0.39 is 0 Å². The van der Waals surface area contributed by atoms with Crippen LogP contribution in [0, 0.1) is 0 Å². The van der Waals surface area contributed by atoms with Crippen molar-refractivity contribution in [3.05, 3.63) is 29.0 Å². The van der Waals surface area contributed by atoms with E-state index in [4.69, 9.17) is 5.73 Å². The van der Waals surface area contributed by atoms with Crippen molar-refractivity contribution in [2.45, 2.75) is 12.8 Å². The number of nitrogens with two attached hydrogens (primary N) is 1. The van der Waals surface area contributed by atoms with Gasteiger partial charge >= 0.3 is 0 Å². The Bertz CT molecular complexity index is 346. The van der Waals surface area contributed by atoms with E-state index in [1.165, 1.54) is 11.3 Å². The van der Waals surface area contributed by atoms with E-state index in [9.17, 15) is 4.79 Å². The molecule has 0 aromatic carbocycles. The largest absolute Gasteiger partial charge is 0.397 e. The fraction of sp³-hybridized carbons (Fsp3) is 0.364. The van der Waals surface area contributed by atoms with Crippen LogP contribution in [0.3, 0.4) is 0 Å². The topological polar surface area (TPSA) is 46.3 Å². The maximum atomic E-state index is 11.9. The monoisotopic (exact) mass is 224 g/mol. The molecular weight excluding hydrogens is 208 g/mol. The zero-order valence-corrected chi connectivity index (χ0v) is 9.72. The van der Waals surface area contributed by atoms with Crippen LogP contribution in [0.4, 0.5) is 5.69 Å². The molecule has 0 saturated heterocycles. The number of amides is 1. The molecule has 82 valence electrons. The molecule has 15 heavy (non-hydrogen) atoms. The van der Waals surface area contributed by atoms with Crippen LogP contribution in [0.1, 0.15) is 22.5 Å². The third kappa shape index (κ3) is 3.09. The highest BCUT2D eigenvalue weighted by Crippen LogP contribution is 2.20. The third-order valence-corrected chi connectivity index (χ3v) is 3.06. The van der Waals surface area contributed by atoms with Crippen molar-refractivity contribution in [2.24, 2.45) is 0 Å². The van der Waals surface area contributed by atoms with E-state index in [-0.39, 0.29) is 5.91 Å². The summed E-state index contributed by atoms with van der Waals surface area (Å²) < 4.78 is 0. The highest BCUT2D eigenvalue weighted by atomic mass is 32.1. The average Bonchev–Trinajstić information content (AvgIpc) is 2.63. The number of hydrogen-bond donors (Lipinski definition) is 1. The Labute approximate surface area is 94.2 Å². The van der Waals surface area contributed by atoms with Crippen molar-refractivity contribution in [3.8, 4) is 0 Å². The first-order valence-corrected chi connectivity index (χ1v) is 5.74. The van der Waals surface area contributed by atoms with Gasteiger partial charge in [-0.05, 0) is 24.3 Å². The number of nitrogen functional groups attached to an aromatic ring is 1. The Balaban J connectivity index is 2.53. The number of nitrogens with zero attached hydrogens (tertiary/aromatic N) is 1. The van der Waals surface area contributed by atoms with Gasteiger partial charge in [0.1, 0.15) is 4.88 Å². The molecule has 0 aliphatic rings. The van der Waals surface area contributed by atoms with Crippen LogP contribution in [0.15, 0.2) is 24.1 Å². The molecule has 4 heteroatoms. The molecule has 0 unspecified atom stereocenters. The van der Waals surface area contributed by atoms with E-state index in [1.54, 1.807) is 18.0 Å². The van der Waals surface area contributed by atoms with Gasteiger partial charge < -0.3 is 10.6 Å². The van der Waals surface area contributed by atoms with E-state index in [0.717, 1.165) is 19.4 Å². The van der Waals surface area contributed by atoms with Crippen LogP contribution in [0.25, 0.3) is 0 Å². The molecule has 1 aromatic heterocycles. The summed E-state index contributed by atoms with van der Waals surface area (Å²) in [5.41, 5.74) is 6.25. The van der Waals surface area contributed by atoms with Gasteiger partial charge in [0.2, 0.25) is 0 Å². The van der Waals surface area contributed by atoms with Gasteiger partial charge in [0.25, 0.3) is 5.91 Å². The normalized spacial score (nSPS) is 9.93. The number of hydrogen-bond acceptors (Lipinski definition) is 3. The van der Waals surface area contributed by atoms with Crippen molar-refractivity contribution in [2.75, 3.05) is 19.3 Å². The summed E-state index contributed by atoms with van der Waals surface area (Å²) in [5.74, 6) is 0.00608. The van der Waals surface area contributed by atoms with Crippen molar-refractivity contribution in [1.29, 1.82) is 0 Å². The summed E-state index contributed by atoms with van der Waals surface area (Å²) in [5, 5.41) is 1.83. The van der Waals surface area contributed by atoms with Gasteiger partial charge in [0.05, 0.1) is 5.69 Å². The first kappa shape index (κ1) is 11.8. The highest BCUT2D eigenvalue weighted by Gasteiger charge is 2.15. The van der Waals surface area contributed by atoms with Crippen LogP contribution in [-0.2, 0) is 0 Å². The Morgan fingerprint density at radius 2 is 2.47 bits per heavy atom. The molecule has 1 aromatic rings. The molecule has 0 radical (unpaired) electrons. The Kier molecular flexibility index (Phi) is 4.37. The summed E-state index contributed by atoms with van der Waals surface area (Å²) in [6.07, 6.45) is 3.73. The quantitative estimate of drug-likeness (QED) is 0.616. The van der Waals surface area contributed by atoms with Crippen molar-refractivity contribution in [3.63, 3.8) is 0 Å². The van der Waals surface area contributed by atoms with Crippen LogP contribution < -0.4 is 5.73 Å². The number of carbonyl (C=O) groups is 1. The second-order valence-electron chi connectivity index (χ2n) is 3.36. The molecule has 0 aliphatic carbocycles. The van der Waals surface area contributed by atoms with E-state index in [2.05, 4.69) is 6.58 Å². The molecule has 0 atom stereocenters. The van der Waals surface area contributed by atoms with Gasteiger partial charge in [0, 0.05) is 13.6 Å². The Morgan fingerprint density at radius 3 is 3.00 bits per heavy atom. The van der Waals surface area contributed by atoms with Crippen LogP contribution in [-0.4, -0.2) is 24.4 Å². The number of carbonyl (C=O) groups excluding carboxylic acids is 1. The maximum Gasteiger partial charge on any atom is 0.265 e. The lowest BCUT2D eigenvalue weighted by atomic mass is 10.3. The van der Waals surface area contributed by atoms with Crippen molar-refractivity contribution >= 4 is 22.9 Å². The van der Waals surface area contributed by atoms with E-state index in [1.807, 2.05) is 11.5 Å². The number of thiophene rings is 1. The molecular formula is C11H16N2OS. The fourth-order valence-electron chi connectivity index (χ4n) is 1.24. The van der Waals surface area contributed by atoms with Gasteiger partial charge in [-0.15, -0.1) is 17.9 Å². The first-order valence-electron chi connectivity index (χ1n) is 4.86. The molecule has 0 spiro atoms. The van der Waals surface area contributed by atoms with E-state index in [0.29, 0.717) is 10.6 Å². The van der Waals surface area contributed by atoms with Crippen LogP contribution in [0.2, 0.25) is 0 Å². The minimum atomic E-state index is 0.00608. The SMILES string of the molecule is C=CCCCN(C)C(=O)c1sccc1N. The lowest BCUT2D eigenvalue weighted by molar-refractivity contribution is 0.0799. The van der Waals surface area contributed by atoms with Crippen LogP contribution >= 0.6 is 11.3 Å². The zero-order valence-electron chi connectivity index (χ0n) is 8.90. The molecule has 1 heterocycles. The van der Waals surface area contributed by atoms with Gasteiger partial charge in [-0.1, -0.05) is 6.08 Å². The number of unbranched alkanes of at least 4 members (excludes halogenated alkanes) is 1. The minimum Gasteiger partial charge on any atom is -0.397 e. The molecule has 2 N–H and O–H groups in total. The second kappa shape index (κ2) is 5.56. The van der Waals surface area contributed by atoms with Crippen molar-refractivity contribution in [1.82, 2.24) is 4.90 Å². The predicted octanol–water partition coefficient (Wildman–Crippen LogP) is 2.37. The summed E-state index contributed by atoms with van der Waals surface area (Å²) in [6, 6.07) is 1.76. The number of anilines is 1. The number of rotatable bonds is 5. The van der Waals surface area contributed by atoms with Gasteiger partial charge in [0.15, 0.2) is 0 Å². The smallest absolute Gasteiger partial charge is 0.265 e.